The maximum absolute atomic E-state index is 10.8. The SMILES string of the molecule is Cc1ccc(C(C)(C)C)c(OCc2ccc(C(=O)O)o2)c1. The number of aromatic carboxylic acids is 1. The number of furan rings is 1. The van der Waals surface area contributed by atoms with Gasteiger partial charge in [-0.15, -0.1) is 0 Å². The number of aryl methyl sites for hydroxylation is 1. The predicted octanol–water partition coefficient (Wildman–Crippen LogP) is 4.16. The Morgan fingerprint density at radius 3 is 2.52 bits per heavy atom. The van der Waals surface area contributed by atoms with Gasteiger partial charge in [0.2, 0.25) is 5.76 Å². The van der Waals surface area contributed by atoms with E-state index in [1.807, 2.05) is 13.0 Å². The summed E-state index contributed by atoms with van der Waals surface area (Å²) in [7, 11) is 0. The quantitative estimate of drug-likeness (QED) is 0.917. The summed E-state index contributed by atoms with van der Waals surface area (Å²) in [5.41, 5.74) is 2.19. The largest absolute Gasteiger partial charge is 0.485 e. The summed E-state index contributed by atoms with van der Waals surface area (Å²) in [5, 5.41) is 8.84. The van der Waals surface area contributed by atoms with Crippen LogP contribution in [0, 0.1) is 6.92 Å². The number of benzene rings is 1. The minimum absolute atomic E-state index is 0.0293. The first-order valence-corrected chi connectivity index (χ1v) is 6.83. The normalized spacial score (nSPS) is 11.4. The van der Waals surface area contributed by atoms with E-state index in [1.54, 1.807) is 6.07 Å². The molecule has 4 heteroatoms. The molecule has 2 rings (SSSR count). The summed E-state index contributed by atoms with van der Waals surface area (Å²) in [6.45, 7) is 8.59. The van der Waals surface area contributed by atoms with Crippen molar-refractivity contribution in [2.75, 3.05) is 0 Å². The van der Waals surface area contributed by atoms with Crippen LogP contribution in [0.3, 0.4) is 0 Å². The van der Waals surface area contributed by atoms with Gasteiger partial charge in [0.15, 0.2) is 0 Å². The number of carboxylic acid groups (broad SMARTS) is 1. The fraction of sp³-hybridized carbons (Fsp3) is 0.353. The second-order valence-electron chi connectivity index (χ2n) is 6.11. The molecule has 1 heterocycles. The molecule has 1 aromatic carbocycles. The van der Waals surface area contributed by atoms with Gasteiger partial charge in [-0.3, -0.25) is 0 Å². The van der Waals surface area contributed by atoms with E-state index < -0.39 is 5.97 Å². The molecule has 2 aromatic rings. The average Bonchev–Trinajstić information content (AvgIpc) is 2.83. The number of rotatable bonds is 4. The van der Waals surface area contributed by atoms with E-state index in [0.717, 1.165) is 16.9 Å². The molecule has 0 spiro atoms. The fourth-order valence-electron chi connectivity index (χ4n) is 2.09. The molecule has 21 heavy (non-hydrogen) atoms. The lowest BCUT2D eigenvalue weighted by Gasteiger charge is -2.23. The molecule has 112 valence electrons. The first-order valence-electron chi connectivity index (χ1n) is 6.83. The van der Waals surface area contributed by atoms with Gasteiger partial charge in [-0.05, 0) is 41.7 Å². The number of hydrogen-bond acceptors (Lipinski definition) is 3. The number of ether oxygens (including phenoxy) is 1. The van der Waals surface area contributed by atoms with Gasteiger partial charge >= 0.3 is 5.97 Å². The Bertz CT molecular complexity index is 647. The van der Waals surface area contributed by atoms with E-state index in [0.29, 0.717) is 5.76 Å². The molecule has 0 saturated carbocycles. The molecule has 0 aliphatic rings. The first kappa shape index (κ1) is 15.2. The Morgan fingerprint density at radius 2 is 1.95 bits per heavy atom. The topological polar surface area (TPSA) is 59.7 Å². The molecule has 0 radical (unpaired) electrons. The van der Waals surface area contributed by atoms with Gasteiger partial charge in [0.1, 0.15) is 18.1 Å². The molecule has 1 N–H and O–H groups in total. The standard InChI is InChI=1S/C17H20O4/c1-11-5-7-13(17(2,3)4)15(9-11)20-10-12-6-8-14(21-12)16(18)19/h5-9H,10H2,1-4H3,(H,18,19). The lowest BCUT2D eigenvalue weighted by molar-refractivity contribution is 0.0658. The van der Waals surface area contributed by atoms with E-state index >= 15 is 0 Å². The van der Waals surface area contributed by atoms with Crippen LogP contribution in [0.15, 0.2) is 34.7 Å². The van der Waals surface area contributed by atoms with Gasteiger partial charge in [0.05, 0.1) is 0 Å². The average molecular weight is 288 g/mol. The van der Waals surface area contributed by atoms with E-state index in [4.69, 9.17) is 14.3 Å². The van der Waals surface area contributed by atoms with Crippen LogP contribution in [0.25, 0.3) is 0 Å². The third-order valence-electron chi connectivity index (χ3n) is 3.19. The summed E-state index contributed by atoms with van der Waals surface area (Å²) in [4.78, 5) is 10.8. The van der Waals surface area contributed by atoms with Crippen molar-refractivity contribution >= 4 is 5.97 Å². The van der Waals surface area contributed by atoms with E-state index in [-0.39, 0.29) is 17.8 Å². The maximum Gasteiger partial charge on any atom is 0.371 e. The maximum atomic E-state index is 10.8. The van der Waals surface area contributed by atoms with Crippen molar-refractivity contribution in [1.29, 1.82) is 0 Å². The van der Waals surface area contributed by atoms with Gasteiger partial charge in [-0.25, -0.2) is 4.79 Å². The highest BCUT2D eigenvalue weighted by molar-refractivity contribution is 5.84. The lowest BCUT2D eigenvalue weighted by Crippen LogP contribution is -2.13. The van der Waals surface area contributed by atoms with Crippen LogP contribution in [0.5, 0.6) is 5.75 Å². The molecule has 0 atom stereocenters. The van der Waals surface area contributed by atoms with Crippen molar-refractivity contribution in [2.24, 2.45) is 0 Å². The van der Waals surface area contributed by atoms with Gasteiger partial charge < -0.3 is 14.3 Å². The van der Waals surface area contributed by atoms with E-state index in [1.165, 1.54) is 6.07 Å². The van der Waals surface area contributed by atoms with Crippen molar-refractivity contribution in [2.45, 2.75) is 39.7 Å². The van der Waals surface area contributed by atoms with Crippen molar-refractivity contribution < 1.29 is 19.1 Å². The summed E-state index contributed by atoms with van der Waals surface area (Å²) in [6, 6.07) is 9.16. The zero-order valence-electron chi connectivity index (χ0n) is 12.8. The Morgan fingerprint density at radius 1 is 1.24 bits per heavy atom. The van der Waals surface area contributed by atoms with Crippen LogP contribution in [-0.4, -0.2) is 11.1 Å². The molecule has 0 amide bonds. The molecule has 0 aliphatic heterocycles. The Hall–Kier alpha value is -2.23. The minimum Gasteiger partial charge on any atom is -0.485 e. The Kier molecular flexibility index (Phi) is 4.07. The zero-order chi connectivity index (χ0) is 15.6. The number of hydrogen-bond donors (Lipinski definition) is 1. The van der Waals surface area contributed by atoms with Gasteiger partial charge in [-0.1, -0.05) is 32.9 Å². The van der Waals surface area contributed by atoms with Crippen molar-refractivity contribution in [3.05, 3.63) is 53.0 Å². The van der Waals surface area contributed by atoms with Gasteiger partial charge in [-0.2, -0.15) is 0 Å². The third kappa shape index (κ3) is 3.66. The van der Waals surface area contributed by atoms with Crippen molar-refractivity contribution in [1.82, 2.24) is 0 Å². The monoisotopic (exact) mass is 288 g/mol. The van der Waals surface area contributed by atoms with Crippen LogP contribution in [0.4, 0.5) is 0 Å². The summed E-state index contributed by atoms with van der Waals surface area (Å²) >= 11 is 0. The molecule has 0 aliphatic carbocycles. The van der Waals surface area contributed by atoms with Crippen LogP contribution in [0.2, 0.25) is 0 Å². The Labute approximate surface area is 124 Å². The van der Waals surface area contributed by atoms with E-state index in [2.05, 4.69) is 32.9 Å². The van der Waals surface area contributed by atoms with Crippen LogP contribution in [-0.2, 0) is 12.0 Å². The highest BCUT2D eigenvalue weighted by Crippen LogP contribution is 2.32. The van der Waals surface area contributed by atoms with Gasteiger partial charge in [0.25, 0.3) is 0 Å². The van der Waals surface area contributed by atoms with E-state index in [9.17, 15) is 4.79 Å². The van der Waals surface area contributed by atoms with Crippen molar-refractivity contribution in [3.63, 3.8) is 0 Å². The third-order valence-corrected chi connectivity index (χ3v) is 3.19. The fourth-order valence-corrected chi connectivity index (χ4v) is 2.09. The highest BCUT2D eigenvalue weighted by atomic mass is 16.5. The first-order chi connectivity index (χ1) is 9.77. The minimum atomic E-state index is -1.08. The van der Waals surface area contributed by atoms with Crippen LogP contribution < -0.4 is 4.74 Å². The lowest BCUT2D eigenvalue weighted by atomic mass is 9.86. The number of carbonyl (C=O) groups is 1. The summed E-state index contributed by atoms with van der Waals surface area (Å²) in [6.07, 6.45) is 0. The number of carboxylic acids is 1. The zero-order valence-corrected chi connectivity index (χ0v) is 12.8. The van der Waals surface area contributed by atoms with Crippen LogP contribution in [0.1, 0.15) is 48.2 Å². The van der Waals surface area contributed by atoms with Gasteiger partial charge in [0, 0.05) is 0 Å². The molecule has 0 fully saturated rings. The molecule has 0 bridgehead atoms. The second kappa shape index (κ2) is 5.64. The molecule has 4 nitrogen and oxygen atoms in total. The highest BCUT2D eigenvalue weighted by Gasteiger charge is 2.19. The predicted molar refractivity (Wildman–Crippen MR) is 79.9 cm³/mol. The Balaban J connectivity index is 2.19. The van der Waals surface area contributed by atoms with Crippen molar-refractivity contribution in [3.8, 4) is 5.75 Å². The molecule has 1 aromatic heterocycles. The second-order valence-corrected chi connectivity index (χ2v) is 6.11. The molecule has 0 unspecified atom stereocenters. The molecular weight excluding hydrogens is 268 g/mol. The molecular formula is C17H20O4. The van der Waals surface area contributed by atoms with Crippen LogP contribution >= 0.6 is 0 Å². The smallest absolute Gasteiger partial charge is 0.371 e. The summed E-state index contributed by atoms with van der Waals surface area (Å²) < 4.78 is 11.0. The molecule has 0 saturated heterocycles. The summed E-state index contributed by atoms with van der Waals surface area (Å²) in [5.74, 6) is 0.144.